The summed E-state index contributed by atoms with van der Waals surface area (Å²) in [7, 11) is 0. The molecule has 0 spiro atoms. The Morgan fingerprint density at radius 1 is 0.500 bits per heavy atom. The van der Waals surface area contributed by atoms with Gasteiger partial charge in [-0.3, -0.25) is 0 Å². The van der Waals surface area contributed by atoms with Gasteiger partial charge in [0.1, 0.15) is 0 Å². The van der Waals surface area contributed by atoms with E-state index >= 15 is 0 Å². The second-order valence-electron chi connectivity index (χ2n) is 15.0. The summed E-state index contributed by atoms with van der Waals surface area (Å²) < 4.78 is 2.34. The number of hydrogen-bond donors (Lipinski definition) is 0. The van der Waals surface area contributed by atoms with Crippen molar-refractivity contribution in [2.45, 2.75) is 12.3 Å². The number of anilines is 3. The van der Waals surface area contributed by atoms with Crippen LogP contribution in [0.4, 0.5) is 17.1 Å². The highest BCUT2D eigenvalue weighted by atomic mass is 15.1. The summed E-state index contributed by atoms with van der Waals surface area (Å²) in [6.45, 7) is 6.15. The zero-order chi connectivity index (χ0) is 39.1. The lowest BCUT2D eigenvalue weighted by molar-refractivity contribution is 0.768. The molecular weight excluding hydrogens is 701 g/mol. The van der Waals surface area contributed by atoms with Crippen molar-refractivity contribution in [3.05, 3.63) is 258 Å². The Labute approximate surface area is 340 Å². The molecule has 0 aliphatic heterocycles. The van der Waals surface area contributed by atoms with E-state index < -0.39 is 5.41 Å². The molecule has 0 N–H and O–H groups in total. The second kappa shape index (κ2) is 14.6. The third kappa shape index (κ3) is 5.64. The smallest absolute Gasteiger partial charge is 0.0714 e. The summed E-state index contributed by atoms with van der Waals surface area (Å²) in [5.41, 5.74) is 17.6. The summed E-state index contributed by atoms with van der Waals surface area (Å²) in [6, 6.07) is 75.2. The zero-order valence-corrected chi connectivity index (χ0v) is 32.5. The van der Waals surface area contributed by atoms with Crippen LogP contribution in [-0.4, -0.2) is 4.57 Å². The van der Waals surface area contributed by atoms with Crippen molar-refractivity contribution in [1.82, 2.24) is 4.57 Å². The van der Waals surface area contributed by atoms with E-state index in [0.29, 0.717) is 0 Å². The quantitative estimate of drug-likeness (QED) is 0.134. The van der Waals surface area contributed by atoms with Gasteiger partial charge in [0.2, 0.25) is 0 Å². The molecular formula is C56H42N2. The number of nitrogens with zero attached hydrogens (tertiary/aromatic N) is 2. The van der Waals surface area contributed by atoms with Gasteiger partial charge in [0.05, 0.1) is 10.9 Å². The van der Waals surface area contributed by atoms with Crippen molar-refractivity contribution in [3.63, 3.8) is 0 Å². The molecule has 2 heteroatoms. The van der Waals surface area contributed by atoms with Crippen LogP contribution >= 0.6 is 0 Å². The maximum Gasteiger partial charge on any atom is 0.0714 e. The highest BCUT2D eigenvalue weighted by Crippen LogP contribution is 2.57. The fourth-order valence-electron chi connectivity index (χ4n) is 9.26. The predicted molar refractivity (Wildman–Crippen MR) is 245 cm³/mol. The summed E-state index contributed by atoms with van der Waals surface area (Å²) in [5, 5.41) is 1.24. The van der Waals surface area contributed by atoms with Crippen LogP contribution in [0.2, 0.25) is 0 Å². The Morgan fingerprint density at radius 3 is 1.72 bits per heavy atom. The van der Waals surface area contributed by atoms with E-state index in [9.17, 15) is 0 Å². The maximum absolute atomic E-state index is 3.93. The van der Waals surface area contributed by atoms with Crippen LogP contribution in [0.15, 0.2) is 225 Å². The second-order valence-corrected chi connectivity index (χ2v) is 15.0. The lowest BCUT2D eigenvalue weighted by Gasteiger charge is -2.35. The molecule has 0 bridgehead atoms. The highest BCUT2D eigenvalue weighted by molar-refractivity contribution is 5.94. The van der Waals surface area contributed by atoms with Crippen LogP contribution in [0.1, 0.15) is 33.5 Å². The van der Waals surface area contributed by atoms with E-state index in [1.165, 1.54) is 61.0 Å². The minimum atomic E-state index is -0.478. The molecule has 2 nitrogen and oxygen atoms in total. The normalized spacial score (nSPS) is 12.7. The lowest BCUT2D eigenvalue weighted by Crippen LogP contribution is -2.28. The van der Waals surface area contributed by atoms with Gasteiger partial charge >= 0.3 is 0 Å². The summed E-state index contributed by atoms with van der Waals surface area (Å²) >= 11 is 0. The molecule has 0 unspecified atom stereocenters. The van der Waals surface area contributed by atoms with E-state index in [1.54, 1.807) is 0 Å². The minimum Gasteiger partial charge on any atom is -0.310 e. The Balaban J connectivity index is 1.10. The number of aromatic nitrogens is 1. The molecule has 58 heavy (non-hydrogen) atoms. The molecule has 1 heterocycles. The monoisotopic (exact) mass is 742 g/mol. The summed E-state index contributed by atoms with van der Waals surface area (Å²) in [5.74, 6) is 0. The number of allylic oxidation sites excluding steroid dienone is 2. The molecule has 1 aliphatic carbocycles. The summed E-state index contributed by atoms with van der Waals surface area (Å²) in [6.07, 6.45) is 6.01. The Morgan fingerprint density at radius 2 is 1.05 bits per heavy atom. The number of aryl methyl sites for hydroxylation is 1. The number of fused-ring (bicyclic) bond motifs is 4. The fourth-order valence-corrected chi connectivity index (χ4v) is 9.26. The van der Waals surface area contributed by atoms with Gasteiger partial charge in [-0.05, 0) is 124 Å². The largest absolute Gasteiger partial charge is 0.310 e. The molecule has 0 radical (unpaired) electrons. The molecule has 10 rings (SSSR count). The first-order valence-electron chi connectivity index (χ1n) is 20.0. The Hall–Kier alpha value is -7.42. The molecule has 1 aromatic heterocycles. The van der Waals surface area contributed by atoms with Gasteiger partial charge in [0.15, 0.2) is 0 Å². The topological polar surface area (TPSA) is 8.17 Å². The number of rotatable bonds is 9. The van der Waals surface area contributed by atoms with Gasteiger partial charge < -0.3 is 9.47 Å². The summed E-state index contributed by atoms with van der Waals surface area (Å²) in [4.78, 5) is 2.39. The van der Waals surface area contributed by atoms with Crippen LogP contribution < -0.4 is 4.90 Å². The SMILES string of the molecule is C=C/C=C\c1c(C)c2cc(-c3ccc(N(c4ccccc4)c4ccc5c(c4)C(c4ccccc4)(c4ccccc4)c4ccccc4-5)cc3)ccc2n1-c1ccccc1. The van der Waals surface area contributed by atoms with Gasteiger partial charge in [-0.2, -0.15) is 0 Å². The average Bonchev–Trinajstić information content (AvgIpc) is 3.75. The molecule has 276 valence electrons. The molecule has 0 fully saturated rings. The highest BCUT2D eigenvalue weighted by Gasteiger charge is 2.46. The fraction of sp³-hybridized carbons (Fsp3) is 0.0357. The number of benzene rings is 8. The van der Waals surface area contributed by atoms with Gasteiger partial charge in [-0.25, -0.2) is 0 Å². The molecule has 1 aliphatic rings. The molecule has 8 aromatic carbocycles. The first-order chi connectivity index (χ1) is 28.7. The third-order valence-electron chi connectivity index (χ3n) is 11.8. The average molecular weight is 743 g/mol. The lowest BCUT2D eigenvalue weighted by atomic mass is 9.67. The van der Waals surface area contributed by atoms with Gasteiger partial charge in [-0.15, -0.1) is 0 Å². The van der Waals surface area contributed by atoms with E-state index in [2.05, 4.69) is 235 Å². The molecule has 0 saturated heterocycles. The van der Waals surface area contributed by atoms with Crippen LogP contribution in [0.25, 0.3) is 44.9 Å². The predicted octanol–water partition coefficient (Wildman–Crippen LogP) is 14.6. The van der Waals surface area contributed by atoms with E-state index in [4.69, 9.17) is 0 Å². The zero-order valence-electron chi connectivity index (χ0n) is 32.5. The molecule has 9 aromatic rings. The first-order valence-corrected chi connectivity index (χ1v) is 20.0. The van der Waals surface area contributed by atoms with E-state index in [1.807, 2.05) is 12.2 Å². The van der Waals surface area contributed by atoms with E-state index in [0.717, 1.165) is 28.4 Å². The number of hydrogen-bond acceptors (Lipinski definition) is 1. The first kappa shape index (κ1) is 35.0. The van der Waals surface area contributed by atoms with Crippen molar-refractivity contribution in [2.75, 3.05) is 4.90 Å². The Bertz CT molecular complexity index is 2900. The van der Waals surface area contributed by atoms with Crippen molar-refractivity contribution in [3.8, 4) is 27.9 Å². The van der Waals surface area contributed by atoms with Gasteiger partial charge in [0.25, 0.3) is 0 Å². The van der Waals surface area contributed by atoms with Crippen LogP contribution in [0, 0.1) is 6.92 Å². The van der Waals surface area contributed by atoms with Crippen molar-refractivity contribution >= 4 is 34.0 Å². The van der Waals surface area contributed by atoms with Crippen molar-refractivity contribution in [1.29, 1.82) is 0 Å². The van der Waals surface area contributed by atoms with Gasteiger partial charge in [0, 0.05) is 33.8 Å². The minimum absolute atomic E-state index is 0.478. The molecule has 0 saturated carbocycles. The number of para-hydroxylation sites is 2. The van der Waals surface area contributed by atoms with Gasteiger partial charge in [-0.1, -0.05) is 164 Å². The van der Waals surface area contributed by atoms with Crippen LogP contribution in [0.5, 0.6) is 0 Å². The van der Waals surface area contributed by atoms with Crippen molar-refractivity contribution < 1.29 is 0 Å². The standard InChI is InChI=1S/C56H42N2/c1-3-4-29-54-40(2)51-38-42(32-37-55(51)58(54)46-25-15-8-16-26-46)41-30-33-47(34-31-41)57(45-23-13-7-14-24-45)48-35-36-50-49-27-17-18-28-52(49)56(53(50)39-48,43-19-9-5-10-20-43)44-21-11-6-12-22-44/h3-39H,1H2,2H3/b29-4-. The Kier molecular flexibility index (Phi) is 8.81. The maximum atomic E-state index is 3.93. The van der Waals surface area contributed by atoms with Crippen LogP contribution in [0.3, 0.4) is 0 Å². The van der Waals surface area contributed by atoms with Crippen LogP contribution in [-0.2, 0) is 5.41 Å². The van der Waals surface area contributed by atoms with E-state index in [-0.39, 0.29) is 0 Å². The van der Waals surface area contributed by atoms with Crippen molar-refractivity contribution in [2.24, 2.45) is 0 Å². The molecule has 0 amide bonds. The molecule has 0 atom stereocenters. The third-order valence-corrected chi connectivity index (χ3v) is 11.8.